The molecule has 2 rings (SSSR count). The van der Waals surface area contributed by atoms with E-state index in [0.29, 0.717) is 11.3 Å². The highest BCUT2D eigenvalue weighted by atomic mass is 19.1. The van der Waals surface area contributed by atoms with Crippen molar-refractivity contribution in [3.63, 3.8) is 0 Å². The molecule has 0 bridgehead atoms. The lowest BCUT2D eigenvalue weighted by Crippen LogP contribution is -2.39. The Morgan fingerprint density at radius 1 is 1.33 bits per heavy atom. The van der Waals surface area contributed by atoms with Crippen LogP contribution in [-0.2, 0) is 0 Å². The minimum Gasteiger partial charge on any atom is -0.384 e. The average Bonchev–Trinajstić information content (AvgIpc) is 2.48. The van der Waals surface area contributed by atoms with Gasteiger partial charge in [-0.2, -0.15) is 0 Å². The first-order valence-corrected chi connectivity index (χ1v) is 7.16. The monoisotopic (exact) mass is 290 g/mol. The van der Waals surface area contributed by atoms with E-state index in [9.17, 15) is 9.18 Å². The van der Waals surface area contributed by atoms with E-state index in [1.54, 1.807) is 0 Å². The highest BCUT2D eigenvalue weighted by Gasteiger charge is 2.16. The standard InChI is InChI=1S/C16H19FN2O2/c17-13-8-9-15(12(11-13)5-4-10-20)19-16(21)18-14-6-2-1-3-7-14/h8-9,11,14,20H,1-3,6-7,10H2,(H2,18,19,21). The van der Waals surface area contributed by atoms with E-state index in [-0.39, 0.29) is 18.7 Å². The molecule has 1 fully saturated rings. The third-order valence-corrected chi connectivity index (χ3v) is 3.47. The number of nitrogens with one attached hydrogen (secondary N) is 2. The molecule has 2 amide bonds. The molecule has 21 heavy (non-hydrogen) atoms. The van der Waals surface area contributed by atoms with Gasteiger partial charge in [0.25, 0.3) is 0 Å². The van der Waals surface area contributed by atoms with Gasteiger partial charge in [-0.3, -0.25) is 0 Å². The molecule has 3 N–H and O–H groups in total. The Labute approximate surface area is 123 Å². The van der Waals surface area contributed by atoms with Gasteiger partial charge < -0.3 is 15.7 Å². The second-order valence-corrected chi connectivity index (χ2v) is 5.08. The van der Waals surface area contributed by atoms with Crippen LogP contribution >= 0.6 is 0 Å². The van der Waals surface area contributed by atoms with Crippen molar-refractivity contribution in [2.24, 2.45) is 0 Å². The van der Waals surface area contributed by atoms with Gasteiger partial charge in [0.2, 0.25) is 0 Å². The normalized spacial score (nSPS) is 15.0. The third-order valence-electron chi connectivity index (χ3n) is 3.47. The molecule has 112 valence electrons. The van der Waals surface area contributed by atoms with E-state index in [1.165, 1.54) is 24.6 Å². The van der Waals surface area contributed by atoms with Gasteiger partial charge in [-0.1, -0.05) is 31.1 Å². The predicted molar refractivity (Wildman–Crippen MR) is 79.4 cm³/mol. The van der Waals surface area contributed by atoms with E-state index < -0.39 is 5.82 Å². The molecule has 0 aromatic heterocycles. The van der Waals surface area contributed by atoms with Crippen molar-refractivity contribution < 1.29 is 14.3 Å². The first kappa shape index (κ1) is 15.3. The molecule has 0 heterocycles. The summed E-state index contributed by atoms with van der Waals surface area (Å²) in [5, 5.41) is 14.3. The summed E-state index contributed by atoms with van der Waals surface area (Å²) in [5.41, 5.74) is 0.786. The van der Waals surface area contributed by atoms with E-state index in [2.05, 4.69) is 22.5 Å². The Balaban J connectivity index is 2.02. The Morgan fingerprint density at radius 2 is 2.10 bits per heavy atom. The van der Waals surface area contributed by atoms with E-state index >= 15 is 0 Å². The second kappa shape index (κ2) is 7.65. The Morgan fingerprint density at radius 3 is 2.81 bits per heavy atom. The fourth-order valence-corrected chi connectivity index (χ4v) is 2.45. The lowest BCUT2D eigenvalue weighted by molar-refractivity contribution is 0.244. The quantitative estimate of drug-likeness (QED) is 0.733. The van der Waals surface area contributed by atoms with Gasteiger partial charge in [0, 0.05) is 6.04 Å². The molecule has 1 aromatic carbocycles. The third kappa shape index (κ3) is 4.76. The topological polar surface area (TPSA) is 61.4 Å². The number of hydrogen-bond acceptors (Lipinski definition) is 2. The number of aliphatic hydroxyl groups excluding tert-OH is 1. The minimum atomic E-state index is -0.435. The second-order valence-electron chi connectivity index (χ2n) is 5.08. The molecule has 1 aliphatic rings. The number of carbonyl (C=O) groups is 1. The molecule has 1 aliphatic carbocycles. The molecule has 0 aliphatic heterocycles. The highest BCUT2D eigenvalue weighted by Crippen LogP contribution is 2.19. The minimum absolute atomic E-state index is 0.200. The molecular weight excluding hydrogens is 271 g/mol. The number of rotatable bonds is 2. The smallest absolute Gasteiger partial charge is 0.319 e. The van der Waals surface area contributed by atoms with Gasteiger partial charge in [0.05, 0.1) is 11.3 Å². The largest absolute Gasteiger partial charge is 0.384 e. The average molecular weight is 290 g/mol. The van der Waals surface area contributed by atoms with Crippen molar-refractivity contribution in [3.05, 3.63) is 29.6 Å². The van der Waals surface area contributed by atoms with Gasteiger partial charge in [0.1, 0.15) is 12.4 Å². The van der Waals surface area contributed by atoms with Crippen LogP contribution in [0, 0.1) is 17.7 Å². The van der Waals surface area contributed by atoms with Crippen molar-refractivity contribution in [2.75, 3.05) is 11.9 Å². The fourth-order valence-electron chi connectivity index (χ4n) is 2.45. The molecular formula is C16H19FN2O2. The molecule has 0 saturated heterocycles. The summed E-state index contributed by atoms with van der Waals surface area (Å²) in [7, 11) is 0. The van der Waals surface area contributed by atoms with Crippen LogP contribution in [0.5, 0.6) is 0 Å². The molecule has 1 saturated carbocycles. The number of amides is 2. The molecule has 5 heteroatoms. The first-order chi connectivity index (χ1) is 10.2. The summed E-state index contributed by atoms with van der Waals surface area (Å²) >= 11 is 0. The van der Waals surface area contributed by atoms with Crippen molar-refractivity contribution >= 4 is 11.7 Å². The zero-order valence-electron chi connectivity index (χ0n) is 11.8. The maximum absolute atomic E-state index is 13.2. The molecule has 0 spiro atoms. The van der Waals surface area contributed by atoms with E-state index in [4.69, 9.17) is 5.11 Å². The van der Waals surface area contributed by atoms with Gasteiger partial charge in [0.15, 0.2) is 0 Å². The summed E-state index contributed by atoms with van der Waals surface area (Å²) in [6.07, 6.45) is 5.48. The van der Waals surface area contributed by atoms with Crippen LogP contribution in [0.4, 0.5) is 14.9 Å². The van der Waals surface area contributed by atoms with Gasteiger partial charge in [-0.25, -0.2) is 9.18 Å². The summed E-state index contributed by atoms with van der Waals surface area (Å²) in [6, 6.07) is 3.86. The lowest BCUT2D eigenvalue weighted by Gasteiger charge is -2.23. The summed E-state index contributed by atoms with van der Waals surface area (Å²) in [4.78, 5) is 12.0. The van der Waals surface area contributed by atoms with Crippen molar-refractivity contribution in [3.8, 4) is 11.8 Å². The number of aliphatic hydroxyl groups is 1. The van der Waals surface area contributed by atoms with Crippen molar-refractivity contribution in [2.45, 2.75) is 38.1 Å². The van der Waals surface area contributed by atoms with Crippen molar-refractivity contribution in [1.82, 2.24) is 5.32 Å². The zero-order valence-corrected chi connectivity index (χ0v) is 11.8. The molecule has 0 atom stereocenters. The number of carbonyl (C=O) groups excluding carboxylic acids is 1. The Bertz CT molecular complexity index is 557. The SMILES string of the molecule is O=C(Nc1ccc(F)cc1C#CCO)NC1CCCCC1. The van der Waals surface area contributed by atoms with Crippen LogP contribution < -0.4 is 10.6 Å². The van der Waals surface area contributed by atoms with Crippen LogP contribution in [0.1, 0.15) is 37.7 Å². The number of hydrogen-bond donors (Lipinski definition) is 3. The predicted octanol–water partition coefficient (Wildman–Crippen LogP) is 2.62. The van der Waals surface area contributed by atoms with E-state index in [1.807, 2.05) is 0 Å². The Kier molecular flexibility index (Phi) is 5.59. The highest BCUT2D eigenvalue weighted by molar-refractivity contribution is 5.91. The molecule has 1 aromatic rings. The van der Waals surface area contributed by atoms with Gasteiger partial charge in [-0.15, -0.1) is 0 Å². The number of anilines is 1. The number of halogens is 1. The lowest BCUT2D eigenvalue weighted by atomic mass is 9.96. The summed E-state index contributed by atoms with van der Waals surface area (Å²) in [5.74, 6) is 4.65. The van der Waals surface area contributed by atoms with Gasteiger partial charge >= 0.3 is 6.03 Å². The fraction of sp³-hybridized carbons (Fsp3) is 0.438. The number of benzene rings is 1. The van der Waals surface area contributed by atoms with Crippen molar-refractivity contribution in [1.29, 1.82) is 0 Å². The summed E-state index contributed by atoms with van der Waals surface area (Å²) in [6.45, 7) is -0.315. The van der Waals surface area contributed by atoms with Crippen LogP contribution in [-0.4, -0.2) is 23.8 Å². The molecule has 0 radical (unpaired) electrons. The first-order valence-electron chi connectivity index (χ1n) is 7.16. The van der Waals surface area contributed by atoms with E-state index in [0.717, 1.165) is 25.7 Å². The maximum Gasteiger partial charge on any atom is 0.319 e. The van der Waals surface area contributed by atoms with Crippen LogP contribution in [0.15, 0.2) is 18.2 Å². The maximum atomic E-state index is 13.2. The molecule has 0 unspecified atom stereocenters. The Hall–Kier alpha value is -2.06. The van der Waals surface area contributed by atoms with Crippen LogP contribution in [0.3, 0.4) is 0 Å². The molecule has 4 nitrogen and oxygen atoms in total. The van der Waals surface area contributed by atoms with Crippen LogP contribution in [0.25, 0.3) is 0 Å². The van der Waals surface area contributed by atoms with Gasteiger partial charge in [-0.05, 0) is 31.0 Å². The van der Waals surface area contributed by atoms with Crippen LogP contribution in [0.2, 0.25) is 0 Å². The number of urea groups is 1. The summed E-state index contributed by atoms with van der Waals surface area (Å²) < 4.78 is 13.2. The zero-order chi connectivity index (χ0) is 15.1.